The van der Waals surface area contributed by atoms with Gasteiger partial charge in [-0.25, -0.2) is 5.01 Å². The van der Waals surface area contributed by atoms with Gasteiger partial charge in [0.15, 0.2) is 0 Å². The van der Waals surface area contributed by atoms with Crippen LogP contribution >= 0.6 is 0 Å². The number of nitrogens with two attached hydrogens (primary N) is 2. The SMILES string of the molecule is COC1CN(N)C2(CC2)C1N. The number of methoxy groups -OCH3 is 1. The molecular formula is C7H15N3O. The Hall–Kier alpha value is -0.160. The van der Waals surface area contributed by atoms with Gasteiger partial charge in [0, 0.05) is 13.7 Å². The summed E-state index contributed by atoms with van der Waals surface area (Å²) in [4.78, 5) is 0. The molecule has 0 bridgehead atoms. The number of ether oxygens (including phenoxy) is 1. The van der Waals surface area contributed by atoms with Crippen LogP contribution in [-0.2, 0) is 4.74 Å². The van der Waals surface area contributed by atoms with E-state index in [0.717, 1.165) is 19.4 Å². The van der Waals surface area contributed by atoms with E-state index in [-0.39, 0.29) is 17.7 Å². The standard InChI is InChI=1S/C7H15N3O/c1-11-5-4-10(9)7(2-3-7)6(5)8/h5-6H,2-4,8-9H2,1H3. The van der Waals surface area contributed by atoms with Gasteiger partial charge in [0.2, 0.25) is 0 Å². The third-order valence-electron chi connectivity index (χ3n) is 3.03. The van der Waals surface area contributed by atoms with E-state index in [0.29, 0.717) is 0 Å². The second-order valence-electron chi connectivity index (χ2n) is 3.56. The zero-order chi connectivity index (χ0) is 8.06. The highest BCUT2D eigenvalue weighted by atomic mass is 16.5. The molecule has 4 N–H and O–H groups in total. The van der Waals surface area contributed by atoms with Crippen LogP contribution in [0.4, 0.5) is 0 Å². The minimum absolute atomic E-state index is 0.0979. The van der Waals surface area contributed by atoms with Gasteiger partial charge in [-0.3, -0.25) is 5.84 Å². The maximum Gasteiger partial charge on any atom is 0.0881 e. The van der Waals surface area contributed by atoms with Crippen LogP contribution < -0.4 is 11.6 Å². The van der Waals surface area contributed by atoms with Crippen LogP contribution in [0.25, 0.3) is 0 Å². The van der Waals surface area contributed by atoms with Crippen LogP contribution in [0.1, 0.15) is 12.8 Å². The molecule has 2 unspecified atom stereocenters. The Morgan fingerprint density at radius 1 is 1.55 bits per heavy atom. The summed E-state index contributed by atoms with van der Waals surface area (Å²) in [5, 5.41) is 1.85. The lowest BCUT2D eigenvalue weighted by atomic mass is 10.1. The highest BCUT2D eigenvalue weighted by Gasteiger charge is 2.59. The highest BCUT2D eigenvalue weighted by molar-refractivity contribution is 5.16. The molecule has 1 aliphatic heterocycles. The lowest BCUT2D eigenvalue weighted by molar-refractivity contribution is 0.0979. The molecule has 4 nitrogen and oxygen atoms in total. The van der Waals surface area contributed by atoms with Gasteiger partial charge in [0.25, 0.3) is 0 Å². The predicted octanol–water partition coefficient (Wildman–Crippen LogP) is -0.949. The topological polar surface area (TPSA) is 64.5 Å². The van der Waals surface area contributed by atoms with Gasteiger partial charge in [0.05, 0.1) is 17.7 Å². The second kappa shape index (κ2) is 2.17. The molecule has 1 spiro atoms. The second-order valence-corrected chi connectivity index (χ2v) is 3.56. The van der Waals surface area contributed by atoms with Gasteiger partial charge in [-0.15, -0.1) is 0 Å². The Labute approximate surface area is 66.4 Å². The summed E-state index contributed by atoms with van der Waals surface area (Å²) in [5.74, 6) is 5.80. The zero-order valence-corrected chi connectivity index (χ0v) is 6.79. The van der Waals surface area contributed by atoms with Gasteiger partial charge >= 0.3 is 0 Å². The summed E-state index contributed by atoms with van der Waals surface area (Å²) in [5.41, 5.74) is 6.07. The molecule has 2 rings (SSSR count). The van der Waals surface area contributed by atoms with Crippen molar-refractivity contribution in [1.82, 2.24) is 5.01 Å². The van der Waals surface area contributed by atoms with E-state index in [2.05, 4.69) is 0 Å². The summed E-state index contributed by atoms with van der Waals surface area (Å²) >= 11 is 0. The van der Waals surface area contributed by atoms with Gasteiger partial charge in [-0.2, -0.15) is 0 Å². The molecule has 0 aromatic carbocycles. The molecule has 11 heavy (non-hydrogen) atoms. The average Bonchev–Trinajstić information content (AvgIpc) is 2.74. The predicted molar refractivity (Wildman–Crippen MR) is 41.6 cm³/mol. The van der Waals surface area contributed by atoms with Crippen molar-refractivity contribution in [3.05, 3.63) is 0 Å². The van der Waals surface area contributed by atoms with Crippen molar-refractivity contribution < 1.29 is 4.74 Å². The molecule has 0 aromatic heterocycles. The van der Waals surface area contributed by atoms with Crippen molar-refractivity contribution in [3.8, 4) is 0 Å². The summed E-state index contributed by atoms with van der Waals surface area (Å²) in [7, 11) is 1.69. The first kappa shape index (κ1) is 7.49. The van der Waals surface area contributed by atoms with Crippen LogP contribution in [0, 0.1) is 0 Å². The summed E-state index contributed by atoms with van der Waals surface area (Å²) in [6.07, 6.45) is 2.39. The molecule has 1 saturated carbocycles. The average molecular weight is 157 g/mol. The smallest absolute Gasteiger partial charge is 0.0881 e. The van der Waals surface area contributed by atoms with E-state index in [4.69, 9.17) is 16.3 Å². The maximum atomic E-state index is 5.97. The van der Waals surface area contributed by atoms with Crippen molar-refractivity contribution in [2.45, 2.75) is 30.5 Å². The van der Waals surface area contributed by atoms with Crippen LogP contribution in [0.2, 0.25) is 0 Å². The van der Waals surface area contributed by atoms with Crippen molar-refractivity contribution >= 4 is 0 Å². The Morgan fingerprint density at radius 3 is 2.45 bits per heavy atom. The Bertz CT molecular complexity index is 169. The van der Waals surface area contributed by atoms with Gasteiger partial charge in [-0.05, 0) is 12.8 Å². The van der Waals surface area contributed by atoms with Crippen LogP contribution in [0.15, 0.2) is 0 Å². The monoisotopic (exact) mass is 157 g/mol. The van der Waals surface area contributed by atoms with E-state index in [1.807, 2.05) is 5.01 Å². The zero-order valence-electron chi connectivity index (χ0n) is 6.79. The Morgan fingerprint density at radius 2 is 2.18 bits per heavy atom. The third kappa shape index (κ3) is 0.840. The molecule has 0 amide bonds. The molecular weight excluding hydrogens is 142 g/mol. The summed E-state index contributed by atoms with van der Waals surface area (Å²) in [6.45, 7) is 0.775. The number of rotatable bonds is 1. The van der Waals surface area contributed by atoms with Crippen LogP contribution in [0.3, 0.4) is 0 Å². The van der Waals surface area contributed by atoms with Crippen molar-refractivity contribution in [2.75, 3.05) is 13.7 Å². The number of hydrogen-bond acceptors (Lipinski definition) is 4. The van der Waals surface area contributed by atoms with Crippen LogP contribution in [-0.4, -0.2) is 36.3 Å². The minimum atomic E-state index is 0.0979. The Balaban J connectivity index is 2.13. The molecule has 1 aliphatic carbocycles. The van der Waals surface area contributed by atoms with Crippen LogP contribution in [0.5, 0.6) is 0 Å². The maximum absolute atomic E-state index is 5.97. The molecule has 64 valence electrons. The molecule has 2 fully saturated rings. The van der Waals surface area contributed by atoms with Crippen molar-refractivity contribution in [3.63, 3.8) is 0 Å². The fourth-order valence-corrected chi connectivity index (χ4v) is 2.00. The third-order valence-corrected chi connectivity index (χ3v) is 3.03. The van der Waals surface area contributed by atoms with Crippen molar-refractivity contribution in [2.24, 2.45) is 11.6 Å². The largest absolute Gasteiger partial charge is 0.378 e. The first-order valence-electron chi connectivity index (χ1n) is 4.01. The van der Waals surface area contributed by atoms with Gasteiger partial charge in [-0.1, -0.05) is 0 Å². The summed E-state index contributed by atoms with van der Waals surface area (Å²) < 4.78 is 5.22. The lowest BCUT2D eigenvalue weighted by Crippen LogP contribution is -2.47. The Kier molecular flexibility index (Phi) is 1.47. The highest BCUT2D eigenvalue weighted by Crippen LogP contribution is 2.47. The van der Waals surface area contributed by atoms with Gasteiger partial charge < -0.3 is 10.5 Å². The first-order valence-corrected chi connectivity index (χ1v) is 4.01. The molecule has 2 atom stereocenters. The molecule has 1 heterocycles. The van der Waals surface area contributed by atoms with Crippen molar-refractivity contribution in [1.29, 1.82) is 0 Å². The van der Waals surface area contributed by atoms with E-state index < -0.39 is 0 Å². The first-order chi connectivity index (χ1) is 5.20. The molecule has 4 heteroatoms. The fraction of sp³-hybridized carbons (Fsp3) is 1.00. The van der Waals surface area contributed by atoms with E-state index in [9.17, 15) is 0 Å². The molecule has 0 aromatic rings. The minimum Gasteiger partial charge on any atom is -0.378 e. The fourth-order valence-electron chi connectivity index (χ4n) is 2.00. The quantitative estimate of drug-likeness (QED) is 0.482. The molecule has 0 radical (unpaired) electrons. The number of hydrogen-bond donors (Lipinski definition) is 2. The normalized spacial score (nSPS) is 41.7. The number of hydrazine groups is 1. The van der Waals surface area contributed by atoms with Gasteiger partial charge in [0.1, 0.15) is 0 Å². The molecule has 1 saturated heterocycles. The molecule has 2 aliphatic rings. The van der Waals surface area contributed by atoms with E-state index >= 15 is 0 Å². The summed E-state index contributed by atoms with van der Waals surface area (Å²) in [6, 6.07) is 0.109. The lowest BCUT2D eigenvalue weighted by Gasteiger charge is -2.20. The van der Waals surface area contributed by atoms with E-state index in [1.165, 1.54) is 0 Å². The van der Waals surface area contributed by atoms with E-state index in [1.54, 1.807) is 7.11 Å². The number of nitrogens with zero attached hydrogens (tertiary/aromatic N) is 1.